The van der Waals surface area contributed by atoms with E-state index in [4.69, 9.17) is 4.43 Å². The molecule has 0 N–H and O–H groups in total. The second-order valence-corrected chi connectivity index (χ2v) is 19.0. The minimum Gasteiger partial charge on any atom is -0.413 e. The first-order valence-corrected chi connectivity index (χ1v) is 16.4. The Morgan fingerprint density at radius 3 is 2.25 bits per heavy atom. The SMILES string of the molecule is CC1=C(CS(=O)(=O)c2ccccc2)[C@@]2(C)[C@H](C=C1)C(C)(C)CC[C@H]2O[Si](C)(C)C(C)(C)C. The molecule has 3 atom stereocenters. The Kier molecular flexibility index (Phi) is 6.56. The summed E-state index contributed by atoms with van der Waals surface area (Å²) < 4.78 is 34.1. The van der Waals surface area contributed by atoms with E-state index in [0.29, 0.717) is 4.90 Å². The summed E-state index contributed by atoms with van der Waals surface area (Å²) in [4.78, 5) is 0.395. The molecule has 0 heterocycles. The zero-order valence-corrected chi connectivity index (χ0v) is 23.3. The number of sulfone groups is 1. The molecule has 0 aromatic heterocycles. The van der Waals surface area contributed by atoms with E-state index in [1.807, 2.05) is 6.07 Å². The lowest BCUT2D eigenvalue weighted by atomic mass is 9.51. The summed E-state index contributed by atoms with van der Waals surface area (Å²) in [5, 5.41) is 0.103. The van der Waals surface area contributed by atoms with Crippen LogP contribution in [0.15, 0.2) is 58.5 Å². The molecule has 1 aromatic rings. The third-order valence-electron chi connectivity index (χ3n) is 8.55. The molecule has 0 spiro atoms. The van der Waals surface area contributed by atoms with Crippen molar-refractivity contribution < 1.29 is 12.8 Å². The first-order chi connectivity index (χ1) is 14.5. The van der Waals surface area contributed by atoms with Crippen molar-refractivity contribution in [1.29, 1.82) is 0 Å². The van der Waals surface area contributed by atoms with E-state index in [1.54, 1.807) is 24.3 Å². The summed E-state index contributed by atoms with van der Waals surface area (Å²) in [6, 6.07) is 8.87. The largest absolute Gasteiger partial charge is 0.413 e. The van der Waals surface area contributed by atoms with Crippen LogP contribution in [0, 0.1) is 16.7 Å². The van der Waals surface area contributed by atoms with Gasteiger partial charge in [-0.25, -0.2) is 8.42 Å². The van der Waals surface area contributed by atoms with Gasteiger partial charge < -0.3 is 4.43 Å². The number of allylic oxidation sites excluding steroid dienone is 3. The monoisotopic (exact) mass is 474 g/mol. The van der Waals surface area contributed by atoms with Crippen LogP contribution in [-0.4, -0.2) is 28.6 Å². The number of hydrogen-bond acceptors (Lipinski definition) is 3. The Morgan fingerprint density at radius 1 is 1.09 bits per heavy atom. The van der Waals surface area contributed by atoms with Crippen LogP contribution in [0.1, 0.15) is 61.3 Å². The smallest absolute Gasteiger partial charge is 0.192 e. The molecular weight excluding hydrogens is 432 g/mol. The molecule has 0 bridgehead atoms. The molecule has 1 aromatic carbocycles. The molecule has 0 amide bonds. The van der Waals surface area contributed by atoms with Crippen LogP contribution in [0.5, 0.6) is 0 Å². The summed E-state index contributed by atoms with van der Waals surface area (Å²) in [5.41, 5.74) is 1.84. The van der Waals surface area contributed by atoms with E-state index in [-0.39, 0.29) is 33.6 Å². The molecule has 0 unspecified atom stereocenters. The average molecular weight is 475 g/mol. The van der Waals surface area contributed by atoms with Gasteiger partial charge >= 0.3 is 0 Å². The summed E-state index contributed by atoms with van der Waals surface area (Å²) in [7, 11) is -5.48. The Bertz CT molecular complexity index is 1010. The van der Waals surface area contributed by atoms with Gasteiger partial charge in [-0.1, -0.05) is 77.5 Å². The van der Waals surface area contributed by atoms with Gasteiger partial charge in [-0.15, -0.1) is 0 Å². The molecule has 178 valence electrons. The van der Waals surface area contributed by atoms with Crippen molar-refractivity contribution in [3.8, 4) is 0 Å². The van der Waals surface area contributed by atoms with Crippen molar-refractivity contribution in [2.75, 3.05) is 5.75 Å². The maximum Gasteiger partial charge on any atom is 0.192 e. The second kappa shape index (κ2) is 8.25. The van der Waals surface area contributed by atoms with E-state index in [1.165, 1.54) is 0 Å². The molecule has 2 aliphatic rings. The van der Waals surface area contributed by atoms with E-state index in [9.17, 15) is 8.42 Å². The minimum absolute atomic E-state index is 0.0160. The fraction of sp³-hybridized carbons (Fsp3) is 0.630. The Morgan fingerprint density at radius 2 is 1.69 bits per heavy atom. The molecule has 1 saturated carbocycles. The quantitative estimate of drug-likeness (QED) is 0.424. The van der Waals surface area contributed by atoms with Crippen molar-refractivity contribution >= 4 is 18.2 Å². The number of rotatable bonds is 5. The van der Waals surface area contributed by atoms with Crippen LogP contribution in [0.4, 0.5) is 0 Å². The lowest BCUT2D eigenvalue weighted by Gasteiger charge is -2.58. The van der Waals surface area contributed by atoms with E-state index >= 15 is 0 Å². The van der Waals surface area contributed by atoms with Crippen LogP contribution < -0.4 is 0 Å². The maximum atomic E-state index is 13.5. The molecular formula is C27H42O3SSi. The zero-order chi connectivity index (χ0) is 24.2. The standard InChI is InChI=1S/C27H42O3SSi/c1-20-15-16-23-26(5,6)18-17-24(30-32(8,9)25(2,3)4)27(23,7)22(20)19-31(28,29)21-13-11-10-12-14-21/h10-16,23-24H,17-19H2,1-9H3/t23-,24-,27+/m1/s1. The third-order valence-corrected chi connectivity index (χ3v) is 14.7. The lowest BCUT2D eigenvalue weighted by molar-refractivity contribution is -0.0509. The van der Waals surface area contributed by atoms with Gasteiger partial charge in [0.05, 0.1) is 16.8 Å². The molecule has 0 saturated heterocycles. The van der Waals surface area contributed by atoms with Crippen molar-refractivity contribution in [2.24, 2.45) is 16.7 Å². The fourth-order valence-corrected chi connectivity index (χ4v) is 8.55. The van der Waals surface area contributed by atoms with Gasteiger partial charge in [0.1, 0.15) is 0 Å². The predicted octanol–water partition coefficient (Wildman–Crippen LogP) is 7.18. The molecule has 3 nitrogen and oxygen atoms in total. The Labute approximate surface area is 197 Å². The highest BCUT2D eigenvalue weighted by Gasteiger charge is 2.56. The van der Waals surface area contributed by atoms with Gasteiger partial charge in [0, 0.05) is 5.41 Å². The maximum absolute atomic E-state index is 13.5. The second-order valence-electron chi connectivity index (χ2n) is 12.2. The number of fused-ring (bicyclic) bond motifs is 1. The molecule has 5 heteroatoms. The van der Waals surface area contributed by atoms with E-state index < -0.39 is 18.2 Å². The van der Waals surface area contributed by atoms with Crippen LogP contribution >= 0.6 is 0 Å². The Balaban J connectivity index is 2.10. The van der Waals surface area contributed by atoms with Gasteiger partial charge in [-0.2, -0.15) is 0 Å². The van der Waals surface area contributed by atoms with Crippen LogP contribution in [0.2, 0.25) is 18.1 Å². The van der Waals surface area contributed by atoms with E-state index in [0.717, 1.165) is 24.0 Å². The molecule has 0 radical (unpaired) electrons. The topological polar surface area (TPSA) is 43.4 Å². The summed E-state index contributed by atoms with van der Waals surface area (Å²) in [5.74, 6) is 0.288. The van der Waals surface area contributed by atoms with Gasteiger partial charge in [0.2, 0.25) is 0 Å². The van der Waals surface area contributed by atoms with E-state index in [2.05, 4.69) is 73.7 Å². The van der Waals surface area contributed by atoms with Gasteiger partial charge in [-0.05, 0) is 66.9 Å². The van der Waals surface area contributed by atoms with Gasteiger partial charge in [0.15, 0.2) is 18.2 Å². The molecule has 0 aliphatic heterocycles. The first-order valence-electron chi connectivity index (χ1n) is 11.9. The lowest BCUT2D eigenvalue weighted by Crippen LogP contribution is -2.57. The van der Waals surface area contributed by atoms with Crippen molar-refractivity contribution in [1.82, 2.24) is 0 Å². The van der Waals surface area contributed by atoms with Crippen molar-refractivity contribution in [2.45, 2.75) is 90.4 Å². The van der Waals surface area contributed by atoms with Crippen LogP contribution in [-0.2, 0) is 14.3 Å². The van der Waals surface area contributed by atoms with Gasteiger partial charge in [0.25, 0.3) is 0 Å². The highest BCUT2D eigenvalue weighted by Crippen LogP contribution is 2.59. The average Bonchev–Trinajstić information content (AvgIpc) is 2.67. The van der Waals surface area contributed by atoms with Crippen molar-refractivity contribution in [3.05, 3.63) is 53.6 Å². The molecule has 1 fully saturated rings. The third kappa shape index (κ3) is 4.45. The van der Waals surface area contributed by atoms with Crippen LogP contribution in [0.3, 0.4) is 0 Å². The summed E-state index contributed by atoms with van der Waals surface area (Å²) >= 11 is 0. The summed E-state index contributed by atoms with van der Waals surface area (Å²) in [6.45, 7) is 20.4. The summed E-state index contributed by atoms with van der Waals surface area (Å²) in [6.07, 6.45) is 6.53. The number of hydrogen-bond donors (Lipinski definition) is 0. The molecule has 2 aliphatic carbocycles. The zero-order valence-electron chi connectivity index (χ0n) is 21.5. The normalized spacial score (nSPS) is 28.5. The first kappa shape index (κ1) is 25.4. The molecule has 3 rings (SSSR count). The number of benzene rings is 1. The van der Waals surface area contributed by atoms with Gasteiger partial charge in [-0.3, -0.25) is 0 Å². The Hall–Kier alpha value is -1.17. The highest BCUT2D eigenvalue weighted by atomic mass is 32.2. The fourth-order valence-electron chi connectivity index (χ4n) is 5.46. The minimum atomic E-state index is -3.45. The predicted molar refractivity (Wildman–Crippen MR) is 137 cm³/mol. The molecule has 32 heavy (non-hydrogen) atoms. The van der Waals surface area contributed by atoms with Crippen LogP contribution in [0.25, 0.3) is 0 Å². The van der Waals surface area contributed by atoms with Crippen molar-refractivity contribution in [3.63, 3.8) is 0 Å². The highest BCUT2D eigenvalue weighted by molar-refractivity contribution is 7.91.